The maximum absolute atomic E-state index is 11.4. The van der Waals surface area contributed by atoms with Gasteiger partial charge in [0.2, 0.25) is 0 Å². The highest BCUT2D eigenvalue weighted by molar-refractivity contribution is 7.98. The zero-order chi connectivity index (χ0) is 14.7. The molecule has 0 saturated carbocycles. The quantitative estimate of drug-likeness (QED) is 0.265. The van der Waals surface area contributed by atoms with E-state index in [1.54, 1.807) is 30.8 Å². The number of aryl methyl sites for hydroxylation is 1. The molecule has 2 rings (SSSR count). The monoisotopic (exact) mass is 311 g/mol. The van der Waals surface area contributed by atoms with E-state index in [9.17, 15) is 4.79 Å². The van der Waals surface area contributed by atoms with Crippen LogP contribution in [0, 0.1) is 6.92 Å². The van der Waals surface area contributed by atoms with E-state index in [4.69, 9.17) is 27.6 Å². The van der Waals surface area contributed by atoms with E-state index in [0.29, 0.717) is 22.2 Å². The number of nitrogens with two attached hydrogens (primary N) is 2. The van der Waals surface area contributed by atoms with Crippen molar-refractivity contribution in [1.82, 2.24) is 5.43 Å². The molecule has 0 radical (unpaired) electrons. The Bertz CT molecular complexity index is 643. The molecule has 0 bridgehead atoms. The number of carbonyl (C=O) groups excluding carboxylic acids is 1. The van der Waals surface area contributed by atoms with Crippen molar-refractivity contribution in [3.8, 4) is 0 Å². The molecule has 1 aromatic carbocycles. The van der Waals surface area contributed by atoms with Crippen LogP contribution in [0.15, 0.2) is 33.6 Å². The molecule has 0 aliphatic carbocycles. The molecule has 0 aliphatic heterocycles. The second kappa shape index (κ2) is 6.21. The van der Waals surface area contributed by atoms with Crippen LogP contribution in [0.1, 0.15) is 21.9 Å². The number of hydrogen-bond donors (Lipinski definition) is 3. The maximum atomic E-state index is 11.4. The summed E-state index contributed by atoms with van der Waals surface area (Å²) in [6, 6.07) is 7.25. The minimum Gasteiger partial charge on any atom is -0.455 e. The molecule has 2 aromatic rings. The molecule has 0 fully saturated rings. The molecule has 7 heteroatoms. The minimum absolute atomic E-state index is 0.235. The summed E-state index contributed by atoms with van der Waals surface area (Å²) in [5.41, 5.74) is 9.00. The number of hydrogen-bond acceptors (Lipinski definition) is 5. The lowest BCUT2D eigenvalue weighted by atomic mass is 10.2. The molecule has 5 nitrogen and oxygen atoms in total. The highest BCUT2D eigenvalue weighted by atomic mass is 35.5. The fourth-order valence-corrected chi connectivity index (χ4v) is 2.72. The average Bonchev–Trinajstić information content (AvgIpc) is 2.80. The highest BCUT2D eigenvalue weighted by Crippen LogP contribution is 2.29. The van der Waals surface area contributed by atoms with Crippen molar-refractivity contribution in [1.29, 1.82) is 0 Å². The molecule has 0 saturated heterocycles. The Morgan fingerprint density at radius 3 is 2.85 bits per heavy atom. The van der Waals surface area contributed by atoms with E-state index >= 15 is 0 Å². The number of halogens is 1. The minimum atomic E-state index is -0.436. The Labute approximate surface area is 125 Å². The number of anilines is 1. The predicted molar refractivity (Wildman–Crippen MR) is 80.5 cm³/mol. The van der Waals surface area contributed by atoms with Gasteiger partial charge in [-0.3, -0.25) is 10.2 Å². The Morgan fingerprint density at radius 2 is 2.20 bits per heavy atom. The van der Waals surface area contributed by atoms with E-state index in [-0.39, 0.29) is 5.76 Å². The number of nitrogens with one attached hydrogen (secondary N) is 1. The molecule has 20 heavy (non-hydrogen) atoms. The van der Waals surface area contributed by atoms with E-state index in [2.05, 4.69) is 5.43 Å². The van der Waals surface area contributed by atoms with Crippen molar-refractivity contribution in [2.45, 2.75) is 17.6 Å². The van der Waals surface area contributed by atoms with Gasteiger partial charge in [-0.25, -0.2) is 5.84 Å². The Kier molecular flexibility index (Phi) is 4.59. The molecule has 0 unspecified atom stereocenters. The predicted octanol–water partition coefficient (Wildman–Crippen LogP) is 2.72. The topological polar surface area (TPSA) is 94.3 Å². The van der Waals surface area contributed by atoms with E-state index in [1.165, 1.54) is 0 Å². The second-order valence-corrected chi connectivity index (χ2v) is 5.63. The molecular weight excluding hydrogens is 298 g/mol. The van der Waals surface area contributed by atoms with E-state index in [1.807, 2.05) is 12.1 Å². The van der Waals surface area contributed by atoms with Gasteiger partial charge in [0.25, 0.3) is 0 Å². The third kappa shape index (κ3) is 3.27. The molecule has 1 heterocycles. The molecule has 0 spiro atoms. The smallest absolute Gasteiger partial charge is 0.301 e. The number of thioether (sulfide) groups is 1. The lowest BCUT2D eigenvalue weighted by Crippen LogP contribution is -2.30. The third-order valence-corrected chi connectivity index (χ3v) is 4.00. The average molecular weight is 312 g/mol. The summed E-state index contributed by atoms with van der Waals surface area (Å²) >= 11 is 7.50. The molecule has 0 atom stereocenters. The lowest BCUT2D eigenvalue weighted by Gasteiger charge is -2.02. The van der Waals surface area contributed by atoms with Crippen molar-refractivity contribution in [3.05, 3.63) is 46.4 Å². The van der Waals surface area contributed by atoms with E-state index in [0.717, 1.165) is 10.5 Å². The van der Waals surface area contributed by atoms with Gasteiger partial charge in [0, 0.05) is 10.5 Å². The van der Waals surface area contributed by atoms with Crippen LogP contribution in [-0.4, -0.2) is 5.91 Å². The van der Waals surface area contributed by atoms with E-state index < -0.39 is 5.91 Å². The summed E-state index contributed by atoms with van der Waals surface area (Å²) < 4.78 is 5.47. The zero-order valence-corrected chi connectivity index (χ0v) is 12.3. The summed E-state index contributed by atoms with van der Waals surface area (Å²) in [6.45, 7) is 1.79. The van der Waals surface area contributed by atoms with Gasteiger partial charge in [-0.05, 0) is 31.2 Å². The summed E-state index contributed by atoms with van der Waals surface area (Å²) in [6.07, 6.45) is 0. The summed E-state index contributed by atoms with van der Waals surface area (Å²) in [5, 5.41) is 0.522. The Balaban J connectivity index is 2.07. The van der Waals surface area contributed by atoms with Crippen molar-refractivity contribution < 1.29 is 9.21 Å². The standard InChI is InChI=1S/C13H14ClN3O2S/c1-7-4-8(19-12(7)13(18)17-16)6-20-9-2-3-11(15)10(14)5-9/h2-5H,6,15-16H2,1H3,(H,17,18). The number of hydrazine groups is 1. The Hall–Kier alpha value is -1.63. The van der Waals surface area contributed by atoms with Crippen LogP contribution in [0.4, 0.5) is 5.69 Å². The van der Waals surface area contributed by atoms with Crippen LogP contribution in [-0.2, 0) is 5.75 Å². The summed E-state index contributed by atoms with van der Waals surface area (Å²) in [7, 11) is 0. The van der Waals surface area contributed by atoms with Crippen LogP contribution in [0.5, 0.6) is 0 Å². The van der Waals surface area contributed by atoms with Gasteiger partial charge in [0.05, 0.1) is 16.5 Å². The molecule has 5 N–H and O–H groups in total. The number of furan rings is 1. The van der Waals surface area contributed by atoms with Crippen LogP contribution in [0.3, 0.4) is 0 Å². The summed E-state index contributed by atoms with van der Waals surface area (Å²) in [5.74, 6) is 6.16. The second-order valence-electron chi connectivity index (χ2n) is 4.17. The van der Waals surface area contributed by atoms with Crippen molar-refractivity contribution in [2.75, 3.05) is 5.73 Å². The molecule has 0 aliphatic rings. The first-order chi connectivity index (χ1) is 9.51. The molecule has 106 valence electrons. The van der Waals surface area contributed by atoms with Crippen LogP contribution in [0.25, 0.3) is 0 Å². The van der Waals surface area contributed by atoms with Crippen LogP contribution < -0.4 is 17.0 Å². The van der Waals surface area contributed by atoms with Gasteiger partial charge in [-0.1, -0.05) is 11.6 Å². The fraction of sp³-hybridized carbons (Fsp3) is 0.154. The zero-order valence-electron chi connectivity index (χ0n) is 10.8. The number of nitrogen functional groups attached to an aromatic ring is 2. The lowest BCUT2D eigenvalue weighted by molar-refractivity contribution is 0.0923. The fourth-order valence-electron chi connectivity index (χ4n) is 1.66. The van der Waals surface area contributed by atoms with Gasteiger partial charge in [0.1, 0.15) is 5.76 Å². The highest BCUT2D eigenvalue weighted by Gasteiger charge is 2.14. The normalized spacial score (nSPS) is 10.6. The van der Waals surface area contributed by atoms with Gasteiger partial charge in [-0.15, -0.1) is 11.8 Å². The first kappa shape index (κ1) is 14.8. The first-order valence-corrected chi connectivity index (χ1v) is 7.15. The number of rotatable bonds is 4. The number of amides is 1. The first-order valence-electron chi connectivity index (χ1n) is 5.79. The van der Waals surface area contributed by atoms with Gasteiger partial charge >= 0.3 is 5.91 Å². The molecule has 1 amide bonds. The van der Waals surface area contributed by atoms with Crippen LogP contribution >= 0.6 is 23.4 Å². The van der Waals surface area contributed by atoms with Crippen molar-refractivity contribution >= 4 is 35.0 Å². The maximum Gasteiger partial charge on any atom is 0.301 e. The number of carbonyl (C=O) groups is 1. The van der Waals surface area contributed by atoms with Gasteiger partial charge in [-0.2, -0.15) is 0 Å². The SMILES string of the molecule is Cc1cc(CSc2ccc(N)c(Cl)c2)oc1C(=O)NN. The van der Waals surface area contributed by atoms with Crippen LogP contribution in [0.2, 0.25) is 5.02 Å². The van der Waals surface area contributed by atoms with Crippen molar-refractivity contribution in [3.63, 3.8) is 0 Å². The number of benzene rings is 1. The largest absolute Gasteiger partial charge is 0.455 e. The molecular formula is C13H14ClN3O2S. The third-order valence-electron chi connectivity index (χ3n) is 2.66. The Morgan fingerprint density at radius 1 is 1.45 bits per heavy atom. The summed E-state index contributed by atoms with van der Waals surface area (Å²) in [4.78, 5) is 12.4. The van der Waals surface area contributed by atoms with Gasteiger partial charge in [0.15, 0.2) is 5.76 Å². The molecule has 1 aromatic heterocycles. The van der Waals surface area contributed by atoms with Gasteiger partial charge < -0.3 is 10.2 Å². The van der Waals surface area contributed by atoms with Crippen molar-refractivity contribution in [2.24, 2.45) is 5.84 Å².